The molecule has 0 aliphatic carbocycles. The molecule has 1 aromatic rings. The zero-order chi connectivity index (χ0) is 14.9. The number of ether oxygens (including phenoxy) is 1. The molecule has 2 unspecified atom stereocenters. The molecule has 20 heavy (non-hydrogen) atoms. The third-order valence-electron chi connectivity index (χ3n) is 3.92. The molecule has 0 spiro atoms. The highest BCUT2D eigenvalue weighted by Gasteiger charge is 2.35. The van der Waals surface area contributed by atoms with E-state index in [0.717, 1.165) is 17.2 Å². The Hall–Kier alpha value is -1.16. The van der Waals surface area contributed by atoms with Gasteiger partial charge in [-0.2, -0.15) is 12.6 Å². The van der Waals surface area contributed by atoms with Crippen LogP contribution < -0.4 is 9.64 Å². The molecule has 110 valence electrons. The average Bonchev–Trinajstić information content (AvgIpc) is 2.38. The summed E-state index contributed by atoms with van der Waals surface area (Å²) in [6, 6.07) is 7.72. The van der Waals surface area contributed by atoms with Gasteiger partial charge in [0.2, 0.25) is 0 Å². The molecule has 0 radical (unpaired) electrons. The lowest BCUT2D eigenvalue weighted by molar-refractivity contribution is -0.125. The molecule has 3 nitrogen and oxygen atoms in total. The van der Waals surface area contributed by atoms with E-state index in [1.165, 1.54) is 0 Å². The van der Waals surface area contributed by atoms with Gasteiger partial charge in [0.1, 0.15) is 5.75 Å². The molecule has 1 heterocycles. The van der Waals surface area contributed by atoms with E-state index in [1.807, 2.05) is 29.2 Å². The van der Waals surface area contributed by atoms with Gasteiger partial charge in [-0.3, -0.25) is 4.79 Å². The van der Waals surface area contributed by atoms with E-state index in [9.17, 15) is 4.79 Å². The van der Waals surface area contributed by atoms with Crippen molar-refractivity contribution in [3.05, 3.63) is 24.3 Å². The van der Waals surface area contributed by atoms with Gasteiger partial charge in [0.25, 0.3) is 5.91 Å². The minimum absolute atomic E-state index is 0.0275. The number of para-hydroxylation sites is 2. The molecule has 4 heteroatoms. The average molecular weight is 293 g/mol. The quantitative estimate of drug-likeness (QED) is 0.866. The fraction of sp³-hybridized carbons (Fsp3) is 0.562. The van der Waals surface area contributed by atoms with Crippen molar-refractivity contribution in [3.8, 4) is 5.75 Å². The molecule has 0 aromatic heterocycles. The topological polar surface area (TPSA) is 29.5 Å². The number of carbonyl (C=O) groups is 1. The summed E-state index contributed by atoms with van der Waals surface area (Å²) in [5.74, 6) is 1.89. The van der Waals surface area contributed by atoms with Crippen LogP contribution in [0, 0.1) is 11.3 Å². The molecule has 0 N–H and O–H groups in total. The number of carbonyl (C=O) groups excluding carboxylic acids is 1. The van der Waals surface area contributed by atoms with Gasteiger partial charge in [-0.15, -0.1) is 0 Å². The molecule has 1 aliphatic rings. The summed E-state index contributed by atoms with van der Waals surface area (Å²) in [6.07, 6.45) is -0.426. The van der Waals surface area contributed by atoms with Crippen LogP contribution in [0.25, 0.3) is 0 Å². The number of hydrogen-bond acceptors (Lipinski definition) is 3. The van der Waals surface area contributed by atoms with Gasteiger partial charge in [0.15, 0.2) is 6.10 Å². The van der Waals surface area contributed by atoms with Crippen molar-refractivity contribution >= 4 is 24.2 Å². The minimum Gasteiger partial charge on any atom is -0.479 e. The molecule has 0 saturated carbocycles. The second-order valence-corrected chi connectivity index (χ2v) is 6.79. The van der Waals surface area contributed by atoms with Gasteiger partial charge in [0, 0.05) is 6.54 Å². The highest BCUT2D eigenvalue weighted by molar-refractivity contribution is 7.80. The number of rotatable bonds is 3. The molecule has 2 rings (SSSR count). The van der Waals surface area contributed by atoms with E-state index in [2.05, 4.69) is 33.4 Å². The zero-order valence-electron chi connectivity index (χ0n) is 12.6. The van der Waals surface area contributed by atoms with Gasteiger partial charge in [-0.25, -0.2) is 0 Å². The van der Waals surface area contributed by atoms with Crippen LogP contribution in [0.3, 0.4) is 0 Å². The Kier molecular flexibility index (Phi) is 4.33. The largest absolute Gasteiger partial charge is 0.479 e. The van der Waals surface area contributed by atoms with Gasteiger partial charge in [-0.05, 0) is 36.1 Å². The number of nitrogens with zero attached hydrogens (tertiary/aromatic N) is 1. The van der Waals surface area contributed by atoms with Crippen LogP contribution in [0.4, 0.5) is 5.69 Å². The van der Waals surface area contributed by atoms with Crippen LogP contribution in [-0.4, -0.2) is 24.3 Å². The molecule has 1 aliphatic heterocycles. The number of hydrogen-bond donors (Lipinski definition) is 1. The van der Waals surface area contributed by atoms with Crippen LogP contribution >= 0.6 is 12.6 Å². The van der Waals surface area contributed by atoms with Crippen molar-refractivity contribution in [1.29, 1.82) is 0 Å². The lowest BCUT2D eigenvalue weighted by atomic mass is 9.81. The summed E-state index contributed by atoms with van der Waals surface area (Å²) in [5.41, 5.74) is 0.977. The minimum atomic E-state index is -0.426. The van der Waals surface area contributed by atoms with E-state index in [1.54, 1.807) is 6.92 Å². The highest BCUT2D eigenvalue weighted by atomic mass is 32.1. The fourth-order valence-electron chi connectivity index (χ4n) is 2.37. The van der Waals surface area contributed by atoms with Crippen molar-refractivity contribution in [2.45, 2.75) is 33.8 Å². The van der Waals surface area contributed by atoms with E-state index in [0.29, 0.717) is 12.5 Å². The van der Waals surface area contributed by atoms with E-state index in [-0.39, 0.29) is 11.3 Å². The van der Waals surface area contributed by atoms with Crippen LogP contribution in [0.15, 0.2) is 24.3 Å². The first-order chi connectivity index (χ1) is 9.34. The maximum atomic E-state index is 12.4. The Balaban J connectivity index is 2.32. The number of benzene rings is 1. The third-order valence-corrected chi connectivity index (χ3v) is 4.36. The molecular weight excluding hydrogens is 270 g/mol. The summed E-state index contributed by atoms with van der Waals surface area (Å²) in [4.78, 5) is 14.3. The second kappa shape index (κ2) is 5.68. The number of amides is 1. The van der Waals surface area contributed by atoms with Gasteiger partial charge >= 0.3 is 0 Å². The van der Waals surface area contributed by atoms with Crippen LogP contribution in [0.1, 0.15) is 27.7 Å². The Morgan fingerprint density at radius 1 is 1.35 bits per heavy atom. The lowest BCUT2D eigenvalue weighted by Crippen LogP contribution is -2.48. The Morgan fingerprint density at radius 2 is 2.00 bits per heavy atom. The van der Waals surface area contributed by atoms with Crippen molar-refractivity contribution in [1.82, 2.24) is 0 Å². The zero-order valence-corrected chi connectivity index (χ0v) is 13.5. The third kappa shape index (κ3) is 2.95. The number of anilines is 1. The number of thiol groups is 1. The monoisotopic (exact) mass is 293 g/mol. The van der Waals surface area contributed by atoms with Crippen molar-refractivity contribution in [2.24, 2.45) is 11.3 Å². The highest BCUT2D eigenvalue weighted by Crippen LogP contribution is 2.36. The van der Waals surface area contributed by atoms with Crippen LogP contribution in [-0.2, 0) is 4.79 Å². The molecule has 2 atom stereocenters. The van der Waals surface area contributed by atoms with Crippen molar-refractivity contribution in [2.75, 3.05) is 17.2 Å². The van der Waals surface area contributed by atoms with E-state index in [4.69, 9.17) is 4.74 Å². The maximum absolute atomic E-state index is 12.4. The lowest BCUT2D eigenvalue weighted by Gasteiger charge is -2.38. The predicted octanol–water partition coefficient (Wildman–Crippen LogP) is 3.39. The first-order valence-corrected chi connectivity index (χ1v) is 7.65. The van der Waals surface area contributed by atoms with Crippen molar-refractivity contribution in [3.63, 3.8) is 0 Å². The fourth-order valence-corrected chi connectivity index (χ4v) is 3.04. The smallest absolute Gasteiger partial charge is 0.267 e. The molecular formula is C16H23NO2S. The Morgan fingerprint density at radius 3 is 2.60 bits per heavy atom. The van der Waals surface area contributed by atoms with E-state index < -0.39 is 6.10 Å². The van der Waals surface area contributed by atoms with Crippen LogP contribution in [0.2, 0.25) is 0 Å². The molecule has 0 bridgehead atoms. The standard InChI is InChI=1S/C16H23NO2S/c1-11-15(18)17(9-12(10-20)16(2,3)4)13-7-5-6-8-14(13)19-11/h5-8,11-12,20H,9-10H2,1-4H3. The first-order valence-electron chi connectivity index (χ1n) is 7.02. The summed E-state index contributed by atoms with van der Waals surface area (Å²) >= 11 is 4.46. The second-order valence-electron chi connectivity index (χ2n) is 6.42. The molecule has 1 amide bonds. The van der Waals surface area contributed by atoms with Gasteiger partial charge in [-0.1, -0.05) is 32.9 Å². The Labute approximate surface area is 126 Å². The first kappa shape index (κ1) is 15.2. The summed E-state index contributed by atoms with van der Waals surface area (Å²) in [6.45, 7) is 9.05. The SMILES string of the molecule is CC1Oc2ccccc2N(CC(CS)C(C)(C)C)C1=O. The molecule has 1 aromatic carbocycles. The van der Waals surface area contributed by atoms with E-state index >= 15 is 0 Å². The predicted molar refractivity (Wildman–Crippen MR) is 85.7 cm³/mol. The van der Waals surface area contributed by atoms with Crippen LogP contribution in [0.5, 0.6) is 5.75 Å². The number of fused-ring (bicyclic) bond motifs is 1. The van der Waals surface area contributed by atoms with Crippen molar-refractivity contribution < 1.29 is 9.53 Å². The molecule has 0 fully saturated rings. The van der Waals surface area contributed by atoms with Gasteiger partial charge < -0.3 is 9.64 Å². The summed E-state index contributed by atoms with van der Waals surface area (Å²) in [5, 5.41) is 0. The molecule has 0 saturated heterocycles. The summed E-state index contributed by atoms with van der Waals surface area (Å²) < 4.78 is 5.66. The maximum Gasteiger partial charge on any atom is 0.267 e. The normalized spacial score (nSPS) is 20.4. The Bertz CT molecular complexity index is 495. The summed E-state index contributed by atoms with van der Waals surface area (Å²) in [7, 11) is 0. The van der Waals surface area contributed by atoms with Gasteiger partial charge in [0.05, 0.1) is 5.69 Å².